The fraction of sp³-hybridized carbons (Fsp3) is 0.0769. The SMILES string of the molecule is O=C(NCc1ccc(Cl)cc1)c1ccnc(Br)c1. The fourth-order valence-corrected chi connectivity index (χ4v) is 1.92. The summed E-state index contributed by atoms with van der Waals surface area (Å²) in [6, 6.07) is 10.7. The number of rotatable bonds is 3. The lowest BCUT2D eigenvalue weighted by Crippen LogP contribution is -2.22. The maximum Gasteiger partial charge on any atom is 0.251 e. The van der Waals surface area contributed by atoms with Crippen LogP contribution in [0.15, 0.2) is 47.2 Å². The Bertz CT molecular complexity index is 557. The average molecular weight is 326 g/mol. The van der Waals surface area contributed by atoms with E-state index >= 15 is 0 Å². The van der Waals surface area contributed by atoms with Gasteiger partial charge in [-0.05, 0) is 45.8 Å². The molecule has 18 heavy (non-hydrogen) atoms. The third-order valence-electron chi connectivity index (χ3n) is 2.36. The molecule has 3 nitrogen and oxygen atoms in total. The molecule has 2 rings (SSSR count). The molecule has 1 heterocycles. The maximum absolute atomic E-state index is 11.9. The smallest absolute Gasteiger partial charge is 0.251 e. The van der Waals surface area contributed by atoms with Gasteiger partial charge in [-0.3, -0.25) is 4.79 Å². The molecule has 0 atom stereocenters. The van der Waals surface area contributed by atoms with Gasteiger partial charge in [0.15, 0.2) is 0 Å². The minimum absolute atomic E-state index is 0.131. The zero-order valence-electron chi connectivity index (χ0n) is 9.36. The number of hydrogen-bond donors (Lipinski definition) is 1. The van der Waals surface area contributed by atoms with Crippen molar-refractivity contribution in [2.75, 3.05) is 0 Å². The second kappa shape index (κ2) is 5.98. The molecule has 0 spiro atoms. The van der Waals surface area contributed by atoms with Crippen molar-refractivity contribution in [2.45, 2.75) is 6.54 Å². The predicted octanol–water partition coefficient (Wildman–Crippen LogP) is 3.43. The van der Waals surface area contributed by atoms with Crippen molar-refractivity contribution in [2.24, 2.45) is 0 Å². The molecule has 0 aliphatic carbocycles. The van der Waals surface area contributed by atoms with Crippen LogP contribution in [0.25, 0.3) is 0 Å². The van der Waals surface area contributed by atoms with Crippen molar-refractivity contribution >= 4 is 33.4 Å². The van der Waals surface area contributed by atoms with E-state index in [0.29, 0.717) is 21.7 Å². The van der Waals surface area contributed by atoms with Crippen LogP contribution >= 0.6 is 27.5 Å². The molecule has 0 radical (unpaired) electrons. The molecule has 0 aliphatic rings. The largest absolute Gasteiger partial charge is 0.348 e. The van der Waals surface area contributed by atoms with E-state index in [1.54, 1.807) is 30.5 Å². The number of aromatic nitrogens is 1. The molecular weight excluding hydrogens is 316 g/mol. The van der Waals surface area contributed by atoms with E-state index in [0.717, 1.165) is 5.56 Å². The topological polar surface area (TPSA) is 42.0 Å². The summed E-state index contributed by atoms with van der Waals surface area (Å²) in [5.41, 5.74) is 1.58. The molecule has 0 bridgehead atoms. The normalized spacial score (nSPS) is 10.1. The van der Waals surface area contributed by atoms with Gasteiger partial charge < -0.3 is 5.32 Å². The number of halogens is 2. The Morgan fingerprint density at radius 2 is 2.00 bits per heavy atom. The fourth-order valence-electron chi connectivity index (χ4n) is 1.43. The second-order valence-corrected chi connectivity index (χ2v) is 4.93. The summed E-state index contributed by atoms with van der Waals surface area (Å²) in [7, 11) is 0. The summed E-state index contributed by atoms with van der Waals surface area (Å²) >= 11 is 9.02. The van der Waals surface area contributed by atoms with Gasteiger partial charge in [-0.2, -0.15) is 0 Å². The Morgan fingerprint density at radius 1 is 1.28 bits per heavy atom. The first-order chi connectivity index (χ1) is 8.65. The molecule has 1 amide bonds. The van der Waals surface area contributed by atoms with Gasteiger partial charge in [0.05, 0.1) is 0 Å². The first-order valence-electron chi connectivity index (χ1n) is 5.29. The van der Waals surface area contributed by atoms with Crippen molar-refractivity contribution in [3.63, 3.8) is 0 Å². The lowest BCUT2D eigenvalue weighted by atomic mass is 10.2. The zero-order valence-corrected chi connectivity index (χ0v) is 11.7. The number of nitrogens with one attached hydrogen (secondary N) is 1. The Labute approximate surface area is 118 Å². The van der Waals surface area contributed by atoms with Crippen molar-refractivity contribution in [1.29, 1.82) is 0 Å². The number of carbonyl (C=O) groups excluding carboxylic acids is 1. The number of benzene rings is 1. The Kier molecular flexibility index (Phi) is 4.33. The molecule has 2 aromatic rings. The molecule has 0 unspecified atom stereocenters. The molecule has 0 saturated heterocycles. The Balaban J connectivity index is 1.98. The minimum Gasteiger partial charge on any atom is -0.348 e. The summed E-state index contributed by atoms with van der Waals surface area (Å²) in [5, 5.41) is 3.51. The third kappa shape index (κ3) is 3.55. The zero-order chi connectivity index (χ0) is 13.0. The summed E-state index contributed by atoms with van der Waals surface area (Å²) in [6.45, 7) is 0.468. The highest BCUT2D eigenvalue weighted by atomic mass is 79.9. The third-order valence-corrected chi connectivity index (χ3v) is 3.04. The molecule has 1 aromatic heterocycles. The molecular formula is C13H10BrClN2O. The van der Waals surface area contributed by atoms with Crippen molar-refractivity contribution in [3.05, 3.63) is 63.3 Å². The lowest BCUT2D eigenvalue weighted by Gasteiger charge is -2.05. The van der Waals surface area contributed by atoms with E-state index in [-0.39, 0.29) is 5.91 Å². The molecule has 1 aromatic carbocycles. The van der Waals surface area contributed by atoms with Crippen molar-refractivity contribution in [1.82, 2.24) is 10.3 Å². The van der Waals surface area contributed by atoms with Crippen LogP contribution in [0.5, 0.6) is 0 Å². The van der Waals surface area contributed by atoms with E-state index in [9.17, 15) is 4.79 Å². The van der Waals surface area contributed by atoms with Crippen LogP contribution in [0, 0.1) is 0 Å². The van der Waals surface area contributed by atoms with E-state index < -0.39 is 0 Å². The first-order valence-corrected chi connectivity index (χ1v) is 6.46. The Hall–Kier alpha value is -1.39. The first kappa shape index (κ1) is 13.1. The summed E-state index contributed by atoms with van der Waals surface area (Å²) < 4.78 is 0.640. The number of nitrogens with zero attached hydrogens (tertiary/aromatic N) is 1. The minimum atomic E-state index is -0.131. The summed E-state index contributed by atoms with van der Waals surface area (Å²) in [4.78, 5) is 15.8. The van der Waals surface area contributed by atoms with Gasteiger partial charge in [0.1, 0.15) is 4.60 Å². The molecule has 0 saturated carbocycles. The van der Waals surface area contributed by atoms with Crippen LogP contribution in [0.4, 0.5) is 0 Å². The van der Waals surface area contributed by atoms with E-state index in [1.165, 1.54) is 0 Å². The van der Waals surface area contributed by atoms with E-state index in [2.05, 4.69) is 26.2 Å². The van der Waals surface area contributed by atoms with Gasteiger partial charge in [-0.25, -0.2) is 4.98 Å². The summed E-state index contributed by atoms with van der Waals surface area (Å²) in [5.74, 6) is -0.131. The van der Waals surface area contributed by atoms with Gasteiger partial charge in [-0.1, -0.05) is 23.7 Å². The van der Waals surface area contributed by atoms with Gasteiger partial charge in [0.2, 0.25) is 0 Å². The quantitative estimate of drug-likeness (QED) is 0.879. The average Bonchev–Trinajstić information content (AvgIpc) is 2.38. The van der Waals surface area contributed by atoms with E-state index in [4.69, 9.17) is 11.6 Å². The highest BCUT2D eigenvalue weighted by Gasteiger charge is 2.05. The van der Waals surface area contributed by atoms with Crippen LogP contribution in [0.2, 0.25) is 5.02 Å². The van der Waals surface area contributed by atoms with Crippen LogP contribution in [0.3, 0.4) is 0 Å². The lowest BCUT2D eigenvalue weighted by molar-refractivity contribution is 0.0950. The monoisotopic (exact) mass is 324 g/mol. The number of pyridine rings is 1. The highest BCUT2D eigenvalue weighted by molar-refractivity contribution is 9.10. The Morgan fingerprint density at radius 3 is 2.67 bits per heavy atom. The number of carbonyl (C=O) groups is 1. The molecule has 5 heteroatoms. The summed E-state index contributed by atoms with van der Waals surface area (Å²) in [6.07, 6.45) is 1.58. The van der Waals surface area contributed by atoms with Crippen molar-refractivity contribution < 1.29 is 4.79 Å². The molecule has 0 fully saturated rings. The highest BCUT2D eigenvalue weighted by Crippen LogP contribution is 2.10. The van der Waals surface area contributed by atoms with Gasteiger partial charge in [0.25, 0.3) is 5.91 Å². The predicted molar refractivity (Wildman–Crippen MR) is 74.6 cm³/mol. The van der Waals surface area contributed by atoms with Crippen LogP contribution in [-0.2, 0) is 6.54 Å². The van der Waals surface area contributed by atoms with Crippen LogP contribution in [0.1, 0.15) is 15.9 Å². The number of hydrogen-bond acceptors (Lipinski definition) is 2. The van der Waals surface area contributed by atoms with Gasteiger partial charge in [0, 0.05) is 23.3 Å². The van der Waals surface area contributed by atoms with Crippen molar-refractivity contribution in [3.8, 4) is 0 Å². The van der Waals surface area contributed by atoms with Crippen LogP contribution < -0.4 is 5.32 Å². The maximum atomic E-state index is 11.9. The number of amides is 1. The van der Waals surface area contributed by atoms with Crippen LogP contribution in [-0.4, -0.2) is 10.9 Å². The standard InChI is InChI=1S/C13H10BrClN2O/c14-12-7-10(5-6-16-12)13(18)17-8-9-1-3-11(15)4-2-9/h1-7H,8H2,(H,17,18). The molecule has 1 N–H and O–H groups in total. The van der Waals surface area contributed by atoms with E-state index in [1.807, 2.05) is 12.1 Å². The molecule has 92 valence electrons. The van der Waals surface area contributed by atoms with Gasteiger partial charge in [-0.15, -0.1) is 0 Å². The second-order valence-electron chi connectivity index (χ2n) is 3.68. The molecule has 0 aliphatic heterocycles. The van der Waals surface area contributed by atoms with Gasteiger partial charge >= 0.3 is 0 Å².